The quantitative estimate of drug-likeness (QED) is 0.643. The minimum atomic E-state index is 0.0649. The molecule has 0 bridgehead atoms. The third-order valence-electron chi connectivity index (χ3n) is 2.32. The van der Waals surface area contributed by atoms with Gasteiger partial charge in [-0.15, -0.1) is 0 Å². The average molecular weight is 143 g/mol. The number of nitrogens with two attached hydrogens (primary N) is 1. The first-order valence-electron chi connectivity index (χ1n) is 4.30. The third kappa shape index (κ3) is 3.89. The van der Waals surface area contributed by atoms with Gasteiger partial charge >= 0.3 is 0 Å². The van der Waals surface area contributed by atoms with Crippen LogP contribution in [-0.4, -0.2) is 5.54 Å². The second kappa shape index (κ2) is 3.97. The van der Waals surface area contributed by atoms with Gasteiger partial charge in [-0.05, 0) is 25.7 Å². The minimum absolute atomic E-state index is 0.0649. The van der Waals surface area contributed by atoms with E-state index < -0.39 is 0 Å². The summed E-state index contributed by atoms with van der Waals surface area (Å²) < 4.78 is 0. The monoisotopic (exact) mass is 143 g/mol. The maximum absolute atomic E-state index is 5.99. The Morgan fingerprint density at radius 1 is 1.40 bits per heavy atom. The van der Waals surface area contributed by atoms with Crippen LogP contribution in [0, 0.1) is 5.92 Å². The van der Waals surface area contributed by atoms with E-state index in [0.29, 0.717) is 0 Å². The van der Waals surface area contributed by atoms with Crippen molar-refractivity contribution in [2.75, 3.05) is 0 Å². The zero-order chi connectivity index (χ0) is 8.20. The summed E-state index contributed by atoms with van der Waals surface area (Å²) in [6, 6.07) is 0. The SMILES string of the molecule is CC[C@@H](C)CC(C)(N)CC. The molecule has 0 aromatic heterocycles. The standard InChI is InChI=1S/C9H21N/c1-5-8(3)7-9(4,10)6-2/h8H,5-7,10H2,1-4H3/t8-,9?/m1/s1. The fourth-order valence-corrected chi connectivity index (χ4v) is 1.08. The smallest absolute Gasteiger partial charge is 0.0125 e. The van der Waals surface area contributed by atoms with Gasteiger partial charge in [-0.1, -0.05) is 27.2 Å². The molecule has 0 radical (unpaired) electrons. The van der Waals surface area contributed by atoms with Crippen LogP contribution >= 0.6 is 0 Å². The number of rotatable bonds is 4. The summed E-state index contributed by atoms with van der Waals surface area (Å²) >= 11 is 0. The lowest BCUT2D eigenvalue weighted by Gasteiger charge is -2.25. The van der Waals surface area contributed by atoms with Gasteiger partial charge in [0.1, 0.15) is 0 Å². The highest BCUT2D eigenvalue weighted by atomic mass is 14.7. The summed E-state index contributed by atoms with van der Waals surface area (Å²) in [4.78, 5) is 0. The lowest BCUT2D eigenvalue weighted by Crippen LogP contribution is -2.36. The fourth-order valence-electron chi connectivity index (χ4n) is 1.08. The van der Waals surface area contributed by atoms with Crippen molar-refractivity contribution < 1.29 is 0 Å². The second-order valence-electron chi connectivity index (χ2n) is 3.73. The molecular weight excluding hydrogens is 122 g/mol. The Kier molecular flexibility index (Phi) is 3.95. The predicted octanol–water partition coefficient (Wildman–Crippen LogP) is 2.55. The lowest BCUT2D eigenvalue weighted by molar-refractivity contribution is 0.339. The molecular formula is C9H21N. The van der Waals surface area contributed by atoms with Gasteiger partial charge in [-0.2, -0.15) is 0 Å². The van der Waals surface area contributed by atoms with Crippen LogP contribution in [0.3, 0.4) is 0 Å². The zero-order valence-electron chi connectivity index (χ0n) is 7.78. The Morgan fingerprint density at radius 2 is 1.90 bits per heavy atom. The Balaban J connectivity index is 3.64. The summed E-state index contributed by atoms with van der Waals surface area (Å²) in [7, 11) is 0. The van der Waals surface area contributed by atoms with Crippen molar-refractivity contribution >= 4 is 0 Å². The van der Waals surface area contributed by atoms with Gasteiger partial charge in [-0.25, -0.2) is 0 Å². The first-order valence-corrected chi connectivity index (χ1v) is 4.30. The van der Waals surface area contributed by atoms with Crippen molar-refractivity contribution in [3.8, 4) is 0 Å². The Morgan fingerprint density at radius 3 is 2.20 bits per heavy atom. The molecule has 2 N–H and O–H groups in total. The Bertz CT molecular complexity index is 86.7. The highest BCUT2D eigenvalue weighted by Gasteiger charge is 2.17. The van der Waals surface area contributed by atoms with Gasteiger partial charge in [0.2, 0.25) is 0 Å². The molecule has 0 saturated carbocycles. The molecule has 1 unspecified atom stereocenters. The number of hydrogen-bond acceptors (Lipinski definition) is 1. The fraction of sp³-hybridized carbons (Fsp3) is 1.00. The molecule has 0 heterocycles. The minimum Gasteiger partial charge on any atom is -0.325 e. The molecule has 0 fully saturated rings. The van der Waals surface area contributed by atoms with Crippen molar-refractivity contribution in [3.63, 3.8) is 0 Å². The highest BCUT2D eigenvalue weighted by molar-refractivity contribution is 4.78. The molecule has 0 rings (SSSR count). The van der Waals surface area contributed by atoms with Crippen LogP contribution in [0.25, 0.3) is 0 Å². The van der Waals surface area contributed by atoms with Crippen molar-refractivity contribution in [1.82, 2.24) is 0 Å². The zero-order valence-corrected chi connectivity index (χ0v) is 7.78. The van der Waals surface area contributed by atoms with E-state index in [9.17, 15) is 0 Å². The van der Waals surface area contributed by atoms with E-state index in [0.717, 1.165) is 18.8 Å². The summed E-state index contributed by atoms with van der Waals surface area (Å²) in [5.41, 5.74) is 6.06. The second-order valence-corrected chi connectivity index (χ2v) is 3.73. The van der Waals surface area contributed by atoms with E-state index in [1.165, 1.54) is 6.42 Å². The van der Waals surface area contributed by atoms with Gasteiger partial charge < -0.3 is 5.73 Å². The number of hydrogen-bond donors (Lipinski definition) is 1. The first-order chi connectivity index (χ1) is 4.52. The maximum atomic E-state index is 5.99. The van der Waals surface area contributed by atoms with Crippen LogP contribution in [0.15, 0.2) is 0 Å². The molecule has 0 saturated heterocycles. The molecule has 0 spiro atoms. The van der Waals surface area contributed by atoms with E-state index in [1.807, 2.05) is 0 Å². The molecule has 0 aliphatic carbocycles. The van der Waals surface area contributed by atoms with Crippen molar-refractivity contribution in [1.29, 1.82) is 0 Å². The van der Waals surface area contributed by atoms with E-state index in [-0.39, 0.29) is 5.54 Å². The van der Waals surface area contributed by atoms with E-state index in [1.54, 1.807) is 0 Å². The summed E-state index contributed by atoms with van der Waals surface area (Å²) in [6.07, 6.45) is 3.48. The Hall–Kier alpha value is -0.0400. The van der Waals surface area contributed by atoms with Crippen LogP contribution in [-0.2, 0) is 0 Å². The molecule has 1 nitrogen and oxygen atoms in total. The Labute approximate surface area is 65.0 Å². The largest absolute Gasteiger partial charge is 0.325 e. The van der Waals surface area contributed by atoms with Crippen LogP contribution in [0.1, 0.15) is 47.0 Å². The van der Waals surface area contributed by atoms with Crippen molar-refractivity contribution in [2.45, 2.75) is 52.5 Å². The topological polar surface area (TPSA) is 26.0 Å². The van der Waals surface area contributed by atoms with Crippen LogP contribution in [0.2, 0.25) is 0 Å². The van der Waals surface area contributed by atoms with Crippen LogP contribution in [0.4, 0.5) is 0 Å². The molecule has 1 heteroatoms. The third-order valence-corrected chi connectivity index (χ3v) is 2.32. The van der Waals surface area contributed by atoms with Gasteiger partial charge in [0, 0.05) is 5.54 Å². The molecule has 2 atom stereocenters. The highest BCUT2D eigenvalue weighted by Crippen LogP contribution is 2.18. The van der Waals surface area contributed by atoms with Crippen molar-refractivity contribution in [2.24, 2.45) is 11.7 Å². The van der Waals surface area contributed by atoms with Crippen molar-refractivity contribution in [3.05, 3.63) is 0 Å². The van der Waals surface area contributed by atoms with Gasteiger partial charge in [0.25, 0.3) is 0 Å². The van der Waals surface area contributed by atoms with Gasteiger partial charge in [0.05, 0.1) is 0 Å². The van der Waals surface area contributed by atoms with E-state index in [4.69, 9.17) is 5.73 Å². The maximum Gasteiger partial charge on any atom is 0.0125 e. The molecule has 10 heavy (non-hydrogen) atoms. The molecule has 0 aromatic rings. The van der Waals surface area contributed by atoms with Crippen LogP contribution in [0.5, 0.6) is 0 Å². The van der Waals surface area contributed by atoms with Gasteiger partial charge in [0.15, 0.2) is 0 Å². The van der Waals surface area contributed by atoms with Gasteiger partial charge in [-0.3, -0.25) is 0 Å². The summed E-state index contributed by atoms with van der Waals surface area (Å²) in [5, 5.41) is 0. The predicted molar refractivity (Wildman–Crippen MR) is 47.0 cm³/mol. The summed E-state index contributed by atoms with van der Waals surface area (Å²) in [5.74, 6) is 0.773. The molecule has 62 valence electrons. The molecule has 0 aliphatic rings. The first kappa shape index (κ1) is 9.96. The normalized spacial score (nSPS) is 20.1. The molecule has 0 aromatic carbocycles. The van der Waals surface area contributed by atoms with E-state index >= 15 is 0 Å². The van der Waals surface area contributed by atoms with Crippen LogP contribution < -0.4 is 5.73 Å². The lowest BCUT2D eigenvalue weighted by atomic mass is 9.87. The van der Waals surface area contributed by atoms with E-state index in [2.05, 4.69) is 27.7 Å². The average Bonchev–Trinajstić information content (AvgIpc) is 1.87. The molecule has 0 amide bonds. The summed E-state index contributed by atoms with van der Waals surface area (Å²) in [6.45, 7) is 8.78. The molecule has 0 aliphatic heterocycles.